The highest BCUT2D eigenvalue weighted by molar-refractivity contribution is 5.68. The molecule has 160 valence electrons. The van der Waals surface area contributed by atoms with Crippen molar-refractivity contribution < 1.29 is 38.0 Å². The van der Waals surface area contributed by atoms with Crippen LogP contribution in [0.4, 0.5) is 0 Å². The Morgan fingerprint density at radius 2 is 1.53 bits per heavy atom. The molecule has 0 saturated carbocycles. The standard InChI is InChI=1S/C22H24O8/c1-12(23)28-21-16-8-7-15(25-3)11-18(16)30-20(22(21)29-13(2)24)14-6-9-17(26-4)19(10-14)27-5/h6-11,20-22H,1-5H3/t20-,21-,22-/m1/s1. The van der Waals surface area contributed by atoms with Crippen molar-refractivity contribution in [3.63, 3.8) is 0 Å². The van der Waals surface area contributed by atoms with Crippen molar-refractivity contribution in [3.8, 4) is 23.0 Å². The number of carbonyl (C=O) groups is 2. The van der Waals surface area contributed by atoms with E-state index in [-0.39, 0.29) is 0 Å². The van der Waals surface area contributed by atoms with Crippen LogP contribution >= 0.6 is 0 Å². The van der Waals surface area contributed by atoms with E-state index >= 15 is 0 Å². The Balaban J connectivity index is 2.14. The molecular weight excluding hydrogens is 392 g/mol. The predicted octanol–water partition coefficient (Wildman–Crippen LogP) is 3.38. The van der Waals surface area contributed by atoms with Crippen molar-refractivity contribution in [2.45, 2.75) is 32.2 Å². The lowest BCUT2D eigenvalue weighted by atomic mass is 9.91. The second kappa shape index (κ2) is 8.94. The van der Waals surface area contributed by atoms with Crippen molar-refractivity contribution in [3.05, 3.63) is 47.5 Å². The molecule has 1 heterocycles. The first-order valence-corrected chi connectivity index (χ1v) is 9.28. The molecule has 0 spiro atoms. The van der Waals surface area contributed by atoms with Gasteiger partial charge in [0.1, 0.15) is 11.5 Å². The number of rotatable bonds is 6. The van der Waals surface area contributed by atoms with E-state index < -0.39 is 30.3 Å². The maximum Gasteiger partial charge on any atom is 0.303 e. The molecule has 0 fully saturated rings. The van der Waals surface area contributed by atoms with Crippen LogP contribution in [-0.4, -0.2) is 39.4 Å². The van der Waals surface area contributed by atoms with Gasteiger partial charge in [0.2, 0.25) is 0 Å². The fourth-order valence-electron chi connectivity index (χ4n) is 3.43. The fraction of sp³-hybridized carbons (Fsp3) is 0.364. The molecule has 0 N–H and O–H groups in total. The summed E-state index contributed by atoms with van der Waals surface area (Å²) in [5, 5.41) is 0. The van der Waals surface area contributed by atoms with Crippen LogP contribution in [0.3, 0.4) is 0 Å². The molecule has 8 nitrogen and oxygen atoms in total. The summed E-state index contributed by atoms with van der Waals surface area (Å²) in [6.07, 6.45) is -2.54. The zero-order valence-electron chi connectivity index (χ0n) is 17.5. The SMILES string of the molecule is COc1ccc2c(c1)O[C@H](c1ccc(OC)c(OC)c1)[C@@H](OC(C)=O)[C@@H]2OC(C)=O. The van der Waals surface area contributed by atoms with Crippen molar-refractivity contribution in [1.82, 2.24) is 0 Å². The lowest BCUT2D eigenvalue weighted by molar-refractivity contribution is -0.178. The second-order valence-electron chi connectivity index (χ2n) is 6.66. The number of carbonyl (C=O) groups excluding carboxylic acids is 2. The Kier molecular flexibility index (Phi) is 6.34. The van der Waals surface area contributed by atoms with Gasteiger partial charge in [-0.25, -0.2) is 0 Å². The van der Waals surface area contributed by atoms with Crippen LogP contribution in [0.15, 0.2) is 36.4 Å². The Labute approximate surface area is 174 Å². The molecule has 2 aromatic carbocycles. The van der Waals surface area contributed by atoms with E-state index in [0.717, 1.165) is 0 Å². The number of fused-ring (bicyclic) bond motifs is 1. The quantitative estimate of drug-likeness (QED) is 0.662. The monoisotopic (exact) mass is 416 g/mol. The molecule has 0 bridgehead atoms. The molecule has 0 saturated heterocycles. The topological polar surface area (TPSA) is 89.5 Å². The van der Waals surface area contributed by atoms with Gasteiger partial charge < -0.3 is 28.4 Å². The minimum absolute atomic E-state index is 0.462. The van der Waals surface area contributed by atoms with Crippen LogP contribution in [0.5, 0.6) is 23.0 Å². The van der Waals surface area contributed by atoms with Crippen LogP contribution in [0.25, 0.3) is 0 Å². The molecule has 0 radical (unpaired) electrons. The maximum atomic E-state index is 11.9. The van der Waals surface area contributed by atoms with Gasteiger partial charge in [-0.15, -0.1) is 0 Å². The van der Waals surface area contributed by atoms with E-state index in [1.165, 1.54) is 28.1 Å². The third-order valence-electron chi connectivity index (χ3n) is 4.71. The first kappa shape index (κ1) is 21.3. The number of hydrogen-bond donors (Lipinski definition) is 0. The van der Waals surface area contributed by atoms with Crippen molar-refractivity contribution in [2.24, 2.45) is 0 Å². The number of hydrogen-bond acceptors (Lipinski definition) is 8. The highest BCUT2D eigenvalue weighted by Crippen LogP contribution is 2.46. The molecule has 3 atom stereocenters. The predicted molar refractivity (Wildman–Crippen MR) is 106 cm³/mol. The average Bonchev–Trinajstić information content (AvgIpc) is 2.73. The van der Waals surface area contributed by atoms with Gasteiger partial charge in [-0.05, 0) is 24.3 Å². The molecule has 1 aliphatic heterocycles. The Morgan fingerprint density at radius 1 is 0.833 bits per heavy atom. The van der Waals surface area contributed by atoms with Crippen LogP contribution < -0.4 is 18.9 Å². The van der Waals surface area contributed by atoms with Gasteiger partial charge in [-0.2, -0.15) is 0 Å². The molecule has 30 heavy (non-hydrogen) atoms. The summed E-state index contributed by atoms with van der Waals surface area (Å²) in [4.78, 5) is 23.7. The Morgan fingerprint density at radius 3 is 2.13 bits per heavy atom. The maximum absolute atomic E-state index is 11.9. The van der Waals surface area contributed by atoms with E-state index in [1.807, 2.05) is 0 Å². The van der Waals surface area contributed by atoms with Crippen molar-refractivity contribution in [1.29, 1.82) is 0 Å². The van der Waals surface area contributed by atoms with Crippen LogP contribution in [0.2, 0.25) is 0 Å². The normalized spacial score (nSPS) is 19.7. The van der Waals surface area contributed by atoms with Gasteiger partial charge >= 0.3 is 11.9 Å². The van der Waals surface area contributed by atoms with E-state index in [4.69, 9.17) is 28.4 Å². The summed E-state index contributed by atoms with van der Waals surface area (Å²) in [7, 11) is 4.60. The highest BCUT2D eigenvalue weighted by atomic mass is 16.6. The smallest absolute Gasteiger partial charge is 0.303 e. The van der Waals surface area contributed by atoms with Gasteiger partial charge in [0.25, 0.3) is 0 Å². The van der Waals surface area contributed by atoms with Gasteiger partial charge in [0, 0.05) is 31.0 Å². The zero-order chi connectivity index (χ0) is 21.8. The summed E-state index contributed by atoms with van der Waals surface area (Å²) >= 11 is 0. The van der Waals surface area contributed by atoms with E-state index in [2.05, 4.69) is 0 Å². The van der Waals surface area contributed by atoms with Gasteiger partial charge in [0.05, 0.1) is 21.3 Å². The molecule has 0 amide bonds. The van der Waals surface area contributed by atoms with Gasteiger partial charge in [0.15, 0.2) is 29.8 Å². The Hall–Kier alpha value is -3.42. The van der Waals surface area contributed by atoms with E-state index in [1.54, 1.807) is 43.5 Å². The average molecular weight is 416 g/mol. The van der Waals surface area contributed by atoms with Crippen molar-refractivity contribution >= 4 is 11.9 Å². The van der Waals surface area contributed by atoms with E-state index in [0.29, 0.717) is 34.1 Å². The number of methoxy groups -OCH3 is 3. The summed E-state index contributed by atoms with van der Waals surface area (Å²) in [6.45, 7) is 2.59. The molecule has 0 aromatic heterocycles. The summed E-state index contributed by atoms with van der Waals surface area (Å²) in [5.41, 5.74) is 1.23. The van der Waals surface area contributed by atoms with Crippen molar-refractivity contribution in [2.75, 3.05) is 21.3 Å². The summed E-state index contributed by atoms with van der Waals surface area (Å²) < 4.78 is 33.3. The highest BCUT2D eigenvalue weighted by Gasteiger charge is 2.44. The molecule has 8 heteroatoms. The van der Waals surface area contributed by atoms with Gasteiger partial charge in [-0.1, -0.05) is 6.07 Å². The summed E-state index contributed by atoms with van der Waals surface area (Å²) in [5.74, 6) is 1.03. The minimum atomic E-state index is -0.912. The molecule has 0 unspecified atom stereocenters. The largest absolute Gasteiger partial charge is 0.497 e. The minimum Gasteiger partial charge on any atom is -0.497 e. The van der Waals surface area contributed by atoms with Gasteiger partial charge in [-0.3, -0.25) is 9.59 Å². The van der Waals surface area contributed by atoms with Crippen LogP contribution in [0.1, 0.15) is 37.2 Å². The third-order valence-corrected chi connectivity index (χ3v) is 4.71. The first-order valence-electron chi connectivity index (χ1n) is 9.28. The molecule has 2 aromatic rings. The number of esters is 2. The molecular formula is C22H24O8. The lowest BCUT2D eigenvalue weighted by Crippen LogP contribution is -2.39. The van der Waals surface area contributed by atoms with E-state index in [9.17, 15) is 9.59 Å². The number of ether oxygens (including phenoxy) is 6. The van der Waals surface area contributed by atoms with Crippen LogP contribution in [0, 0.1) is 0 Å². The third kappa shape index (κ3) is 4.27. The fourth-order valence-corrected chi connectivity index (χ4v) is 3.43. The zero-order valence-corrected chi connectivity index (χ0v) is 17.5. The lowest BCUT2D eigenvalue weighted by Gasteiger charge is -2.38. The number of benzene rings is 2. The molecule has 1 aliphatic rings. The first-order chi connectivity index (χ1) is 14.4. The Bertz CT molecular complexity index is 939. The second-order valence-corrected chi connectivity index (χ2v) is 6.66. The summed E-state index contributed by atoms with van der Waals surface area (Å²) in [6, 6.07) is 10.4. The molecule has 0 aliphatic carbocycles. The molecule has 3 rings (SSSR count). The van der Waals surface area contributed by atoms with Crippen LogP contribution in [-0.2, 0) is 19.1 Å².